The van der Waals surface area contributed by atoms with Gasteiger partial charge in [0.15, 0.2) is 0 Å². The zero-order valence-corrected chi connectivity index (χ0v) is 12.7. The van der Waals surface area contributed by atoms with Gasteiger partial charge < -0.3 is 10.2 Å². The lowest BCUT2D eigenvalue weighted by molar-refractivity contribution is 0.113. The van der Waals surface area contributed by atoms with Gasteiger partial charge in [-0.05, 0) is 46.0 Å². The second-order valence-corrected chi connectivity index (χ2v) is 5.44. The topological polar surface area (TPSA) is 33.1 Å². The summed E-state index contributed by atoms with van der Waals surface area (Å²) in [7, 11) is 6.30. The summed E-state index contributed by atoms with van der Waals surface area (Å²) in [6.07, 6.45) is 6.22. The molecule has 0 aliphatic carbocycles. The van der Waals surface area contributed by atoms with Gasteiger partial charge in [0.1, 0.15) is 0 Å². The minimum Gasteiger partial charge on any atom is -0.312 e. The lowest BCUT2D eigenvalue weighted by atomic mass is 9.84. The Bertz CT molecular complexity index is 358. The maximum atomic E-state index is 4.26. The van der Waals surface area contributed by atoms with E-state index in [1.54, 1.807) is 0 Å². The summed E-state index contributed by atoms with van der Waals surface area (Å²) in [5, 5.41) is 7.89. The van der Waals surface area contributed by atoms with Crippen molar-refractivity contribution < 1.29 is 0 Å². The first-order valence-corrected chi connectivity index (χ1v) is 6.82. The summed E-state index contributed by atoms with van der Waals surface area (Å²) in [6, 6.07) is 0.437. The Morgan fingerprint density at radius 1 is 1.44 bits per heavy atom. The molecule has 0 saturated carbocycles. The zero-order valence-electron chi connectivity index (χ0n) is 12.7. The highest BCUT2D eigenvalue weighted by Gasteiger charge is 2.34. The van der Waals surface area contributed by atoms with Crippen LogP contribution in [-0.4, -0.2) is 46.9 Å². The summed E-state index contributed by atoms with van der Waals surface area (Å²) < 4.78 is 1.87. The molecule has 1 rings (SSSR count). The molecule has 0 spiro atoms. The Morgan fingerprint density at radius 3 is 2.50 bits per heavy atom. The van der Waals surface area contributed by atoms with Crippen LogP contribution >= 0.6 is 0 Å². The molecule has 2 unspecified atom stereocenters. The van der Waals surface area contributed by atoms with E-state index in [9.17, 15) is 0 Å². The highest BCUT2D eigenvalue weighted by molar-refractivity contribution is 5.10. The molecular weight excluding hydrogens is 224 g/mol. The van der Waals surface area contributed by atoms with Crippen molar-refractivity contribution in [3.63, 3.8) is 0 Å². The minimum absolute atomic E-state index is 0.159. The maximum absolute atomic E-state index is 4.26. The molecule has 0 amide bonds. The monoisotopic (exact) mass is 252 g/mol. The molecule has 0 saturated heterocycles. The first-order chi connectivity index (χ1) is 8.43. The standard InChI is InChI=1S/C14H28N4/c1-7-14(3,17(4)5)13(15-8-2)9-12-10-16-18(6)11-12/h10-11,13,15H,7-9H2,1-6H3. The van der Waals surface area contributed by atoms with E-state index < -0.39 is 0 Å². The predicted octanol–water partition coefficient (Wildman–Crippen LogP) is 1.67. The van der Waals surface area contributed by atoms with E-state index in [2.05, 4.69) is 56.4 Å². The van der Waals surface area contributed by atoms with E-state index in [1.165, 1.54) is 5.56 Å². The number of rotatable bonds is 7. The fraction of sp³-hybridized carbons (Fsp3) is 0.786. The first kappa shape index (κ1) is 15.2. The van der Waals surface area contributed by atoms with Crippen molar-refractivity contribution in [1.29, 1.82) is 0 Å². The summed E-state index contributed by atoms with van der Waals surface area (Å²) in [5.41, 5.74) is 1.45. The van der Waals surface area contributed by atoms with Crippen LogP contribution in [0.4, 0.5) is 0 Å². The van der Waals surface area contributed by atoms with Crippen LogP contribution in [0.25, 0.3) is 0 Å². The lowest BCUT2D eigenvalue weighted by Gasteiger charge is -2.43. The predicted molar refractivity (Wildman–Crippen MR) is 76.8 cm³/mol. The molecule has 0 radical (unpaired) electrons. The van der Waals surface area contributed by atoms with Gasteiger partial charge in [0.25, 0.3) is 0 Å². The van der Waals surface area contributed by atoms with E-state index in [1.807, 2.05) is 17.9 Å². The highest BCUT2D eigenvalue weighted by atomic mass is 15.2. The Balaban J connectivity index is 2.87. The molecule has 0 aromatic carbocycles. The van der Waals surface area contributed by atoms with Crippen LogP contribution in [-0.2, 0) is 13.5 Å². The number of hydrogen-bond acceptors (Lipinski definition) is 3. The summed E-state index contributed by atoms with van der Waals surface area (Å²) >= 11 is 0. The SMILES string of the molecule is CCNC(Cc1cnn(C)c1)C(C)(CC)N(C)C. The molecule has 0 aliphatic heterocycles. The second-order valence-electron chi connectivity index (χ2n) is 5.44. The van der Waals surface area contributed by atoms with Gasteiger partial charge in [0.2, 0.25) is 0 Å². The van der Waals surface area contributed by atoms with Crippen molar-refractivity contribution in [1.82, 2.24) is 20.0 Å². The zero-order chi connectivity index (χ0) is 13.8. The molecule has 104 valence electrons. The van der Waals surface area contributed by atoms with E-state index >= 15 is 0 Å². The molecule has 0 bridgehead atoms. The summed E-state index contributed by atoms with van der Waals surface area (Å²) in [5.74, 6) is 0. The quantitative estimate of drug-likeness (QED) is 0.801. The van der Waals surface area contributed by atoms with Crippen LogP contribution in [0.15, 0.2) is 12.4 Å². The van der Waals surface area contributed by atoms with Crippen molar-refractivity contribution in [2.75, 3.05) is 20.6 Å². The van der Waals surface area contributed by atoms with Crippen molar-refractivity contribution in [2.45, 2.75) is 45.2 Å². The number of aryl methyl sites for hydroxylation is 1. The van der Waals surface area contributed by atoms with Gasteiger partial charge in [-0.1, -0.05) is 13.8 Å². The molecular formula is C14H28N4. The normalized spacial score (nSPS) is 16.8. The van der Waals surface area contributed by atoms with Gasteiger partial charge in [-0.3, -0.25) is 4.68 Å². The van der Waals surface area contributed by atoms with Crippen LogP contribution in [0.5, 0.6) is 0 Å². The van der Waals surface area contributed by atoms with Gasteiger partial charge in [-0.25, -0.2) is 0 Å². The van der Waals surface area contributed by atoms with E-state index in [-0.39, 0.29) is 5.54 Å². The Kier molecular flexibility index (Phi) is 5.35. The fourth-order valence-electron chi connectivity index (χ4n) is 2.45. The van der Waals surface area contributed by atoms with Crippen molar-refractivity contribution >= 4 is 0 Å². The second kappa shape index (κ2) is 6.34. The lowest BCUT2D eigenvalue weighted by Crippen LogP contribution is -2.57. The van der Waals surface area contributed by atoms with E-state index in [0.29, 0.717) is 6.04 Å². The number of aromatic nitrogens is 2. The van der Waals surface area contributed by atoms with Gasteiger partial charge in [-0.2, -0.15) is 5.10 Å². The van der Waals surface area contributed by atoms with Crippen LogP contribution in [0.1, 0.15) is 32.8 Å². The molecule has 0 fully saturated rings. The number of nitrogens with one attached hydrogen (secondary N) is 1. The van der Waals surface area contributed by atoms with Crippen molar-refractivity contribution in [2.24, 2.45) is 7.05 Å². The number of hydrogen-bond donors (Lipinski definition) is 1. The third-order valence-electron chi connectivity index (χ3n) is 4.14. The highest BCUT2D eigenvalue weighted by Crippen LogP contribution is 2.23. The van der Waals surface area contributed by atoms with Gasteiger partial charge in [-0.15, -0.1) is 0 Å². The molecule has 18 heavy (non-hydrogen) atoms. The van der Waals surface area contributed by atoms with Crippen LogP contribution in [0.2, 0.25) is 0 Å². The average molecular weight is 252 g/mol. The molecule has 4 nitrogen and oxygen atoms in total. The van der Waals surface area contributed by atoms with Crippen molar-refractivity contribution in [3.05, 3.63) is 18.0 Å². The van der Waals surface area contributed by atoms with Crippen molar-refractivity contribution in [3.8, 4) is 0 Å². The van der Waals surface area contributed by atoms with E-state index in [0.717, 1.165) is 19.4 Å². The molecule has 0 aliphatic rings. The molecule has 1 aromatic rings. The third-order valence-corrected chi connectivity index (χ3v) is 4.14. The minimum atomic E-state index is 0.159. The molecule has 1 aromatic heterocycles. The van der Waals surface area contributed by atoms with Gasteiger partial charge in [0, 0.05) is 24.8 Å². The average Bonchev–Trinajstić information content (AvgIpc) is 2.73. The molecule has 4 heteroatoms. The maximum Gasteiger partial charge on any atom is 0.0522 e. The third kappa shape index (κ3) is 3.33. The van der Waals surface area contributed by atoms with Crippen LogP contribution < -0.4 is 5.32 Å². The van der Waals surface area contributed by atoms with Gasteiger partial charge >= 0.3 is 0 Å². The Hall–Kier alpha value is -0.870. The largest absolute Gasteiger partial charge is 0.312 e. The fourth-order valence-corrected chi connectivity index (χ4v) is 2.45. The molecule has 1 heterocycles. The number of likely N-dealkylation sites (N-methyl/N-ethyl adjacent to an activating group) is 2. The first-order valence-electron chi connectivity index (χ1n) is 6.82. The molecule has 2 atom stereocenters. The number of nitrogens with zero attached hydrogens (tertiary/aromatic N) is 3. The van der Waals surface area contributed by atoms with Crippen LogP contribution in [0.3, 0.4) is 0 Å². The van der Waals surface area contributed by atoms with Crippen LogP contribution in [0, 0.1) is 0 Å². The summed E-state index contributed by atoms with van der Waals surface area (Å²) in [4.78, 5) is 2.33. The Labute approximate surface area is 111 Å². The summed E-state index contributed by atoms with van der Waals surface area (Å²) in [6.45, 7) is 7.75. The Morgan fingerprint density at radius 2 is 2.11 bits per heavy atom. The van der Waals surface area contributed by atoms with Gasteiger partial charge in [0.05, 0.1) is 6.20 Å². The molecule has 1 N–H and O–H groups in total. The smallest absolute Gasteiger partial charge is 0.0522 e. The van der Waals surface area contributed by atoms with E-state index in [4.69, 9.17) is 0 Å².